The van der Waals surface area contributed by atoms with Gasteiger partial charge in [0.2, 0.25) is 5.95 Å². The van der Waals surface area contributed by atoms with Gasteiger partial charge >= 0.3 is 6.18 Å². The molecule has 0 aromatic carbocycles. The van der Waals surface area contributed by atoms with Gasteiger partial charge in [0.1, 0.15) is 5.82 Å². The summed E-state index contributed by atoms with van der Waals surface area (Å²) in [5, 5.41) is 3.01. The SMILES string of the molecule is NNc1nc(NC2CCSCC2)cc(C(F)(F)F)n1. The quantitative estimate of drug-likeness (QED) is 0.585. The molecule has 0 unspecified atom stereocenters. The number of thioether (sulfide) groups is 1. The van der Waals surface area contributed by atoms with Gasteiger partial charge in [0.05, 0.1) is 0 Å². The molecule has 2 heterocycles. The predicted octanol–water partition coefficient (Wildman–Crippen LogP) is 2.09. The van der Waals surface area contributed by atoms with Crippen molar-refractivity contribution in [1.29, 1.82) is 0 Å². The number of nitrogens with zero attached hydrogens (tertiary/aromatic N) is 2. The first-order chi connectivity index (χ1) is 8.99. The van der Waals surface area contributed by atoms with Crippen molar-refractivity contribution in [2.75, 3.05) is 22.2 Å². The fourth-order valence-electron chi connectivity index (χ4n) is 1.78. The minimum absolute atomic E-state index is 0.142. The topological polar surface area (TPSA) is 75.9 Å². The molecule has 1 aromatic rings. The van der Waals surface area contributed by atoms with E-state index in [1.807, 2.05) is 11.8 Å². The Hall–Kier alpha value is -1.22. The Bertz CT molecular complexity index is 434. The molecule has 1 aliphatic rings. The van der Waals surface area contributed by atoms with E-state index in [2.05, 4.69) is 20.7 Å². The van der Waals surface area contributed by atoms with Gasteiger partial charge in [0.25, 0.3) is 0 Å². The minimum atomic E-state index is -4.52. The van der Waals surface area contributed by atoms with Gasteiger partial charge in [0.15, 0.2) is 5.69 Å². The molecule has 0 spiro atoms. The zero-order valence-corrected chi connectivity index (χ0v) is 10.8. The predicted molar refractivity (Wildman–Crippen MR) is 68.8 cm³/mol. The fourth-order valence-corrected chi connectivity index (χ4v) is 2.89. The first-order valence-corrected chi connectivity index (χ1v) is 6.91. The number of hydrazine groups is 1. The van der Waals surface area contributed by atoms with Crippen LogP contribution in [-0.2, 0) is 6.18 Å². The highest BCUT2D eigenvalue weighted by Gasteiger charge is 2.34. The highest BCUT2D eigenvalue weighted by Crippen LogP contribution is 2.30. The van der Waals surface area contributed by atoms with E-state index in [1.165, 1.54) is 0 Å². The number of halogens is 3. The van der Waals surface area contributed by atoms with Gasteiger partial charge in [-0.3, -0.25) is 5.43 Å². The van der Waals surface area contributed by atoms with Crippen molar-refractivity contribution in [1.82, 2.24) is 9.97 Å². The van der Waals surface area contributed by atoms with Gasteiger partial charge in [-0.25, -0.2) is 10.8 Å². The van der Waals surface area contributed by atoms with Gasteiger partial charge in [-0.2, -0.15) is 29.9 Å². The molecule has 106 valence electrons. The number of hydrogen-bond acceptors (Lipinski definition) is 6. The molecule has 0 aliphatic carbocycles. The number of nitrogens with two attached hydrogens (primary N) is 1. The third-order valence-corrected chi connectivity index (χ3v) is 3.77. The maximum absolute atomic E-state index is 12.7. The standard InChI is InChI=1S/C10H14F3N5S/c11-10(12,13)7-5-8(17-9(16-7)18-14)15-6-1-3-19-4-2-6/h5-6H,1-4,14H2,(H2,15,16,17,18). The van der Waals surface area contributed by atoms with Crippen LogP contribution in [0.4, 0.5) is 24.9 Å². The van der Waals surface area contributed by atoms with E-state index in [0.717, 1.165) is 30.4 Å². The number of alkyl halides is 3. The van der Waals surface area contributed by atoms with E-state index in [4.69, 9.17) is 5.84 Å². The number of aromatic nitrogens is 2. The molecule has 0 saturated carbocycles. The van der Waals surface area contributed by atoms with Crippen molar-refractivity contribution >= 4 is 23.5 Å². The summed E-state index contributed by atoms with van der Waals surface area (Å²) in [5.74, 6) is 6.98. The van der Waals surface area contributed by atoms with Crippen molar-refractivity contribution in [3.05, 3.63) is 11.8 Å². The Morgan fingerprint density at radius 3 is 2.53 bits per heavy atom. The Labute approximate surface area is 112 Å². The van der Waals surface area contributed by atoms with E-state index in [9.17, 15) is 13.2 Å². The van der Waals surface area contributed by atoms with Crippen LogP contribution in [0.2, 0.25) is 0 Å². The van der Waals surface area contributed by atoms with Crippen LogP contribution in [0.25, 0.3) is 0 Å². The van der Waals surface area contributed by atoms with Gasteiger partial charge in [-0.1, -0.05) is 0 Å². The Kier molecular flexibility index (Phi) is 4.35. The molecule has 1 saturated heterocycles. The van der Waals surface area contributed by atoms with Crippen LogP contribution in [0.1, 0.15) is 18.5 Å². The second kappa shape index (κ2) is 5.83. The molecule has 5 nitrogen and oxygen atoms in total. The van der Waals surface area contributed by atoms with Gasteiger partial charge in [-0.05, 0) is 24.3 Å². The monoisotopic (exact) mass is 293 g/mol. The molecule has 0 atom stereocenters. The average molecular weight is 293 g/mol. The highest BCUT2D eigenvalue weighted by atomic mass is 32.2. The number of anilines is 2. The van der Waals surface area contributed by atoms with Crippen LogP contribution in [-0.4, -0.2) is 27.5 Å². The summed E-state index contributed by atoms with van der Waals surface area (Å²) in [6, 6.07) is 1.05. The van der Waals surface area contributed by atoms with Crippen LogP contribution < -0.4 is 16.6 Å². The lowest BCUT2D eigenvalue weighted by atomic mass is 10.1. The molecule has 4 N–H and O–H groups in total. The summed E-state index contributed by atoms with van der Waals surface area (Å²) in [6.07, 6.45) is -2.71. The summed E-state index contributed by atoms with van der Waals surface area (Å²) in [5.41, 5.74) is 1.04. The van der Waals surface area contributed by atoms with E-state index in [0.29, 0.717) is 0 Å². The summed E-state index contributed by atoms with van der Waals surface area (Å²) >= 11 is 1.84. The lowest BCUT2D eigenvalue weighted by molar-refractivity contribution is -0.141. The molecule has 1 fully saturated rings. The Balaban J connectivity index is 2.19. The summed E-state index contributed by atoms with van der Waals surface area (Å²) < 4.78 is 38.0. The maximum Gasteiger partial charge on any atom is 0.433 e. The van der Waals surface area contributed by atoms with Crippen LogP contribution in [0, 0.1) is 0 Å². The smallest absolute Gasteiger partial charge is 0.367 e. The molecule has 1 aliphatic heterocycles. The second-order valence-corrected chi connectivity index (χ2v) is 5.36. The number of rotatable bonds is 3. The normalized spacial score (nSPS) is 17.3. The van der Waals surface area contributed by atoms with Crippen molar-refractivity contribution < 1.29 is 13.2 Å². The fraction of sp³-hybridized carbons (Fsp3) is 0.600. The third-order valence-electron chi connectivity index (χ3n) is 2.72. The molecule has 0 amide bonds. The average Bonchev–Trinajstić information content (AvgIpc) is 2.38. The van der Waals surface area contributed by atoms with Crippen molar-refractivity contribution in [3.63, 3.8) is 0 Å². The first-order valence-electron chi connectivity index (χ1n) is 5.76. The molecule has 0 radical (unpaired) electrons. The van der Waals surface area contributed by atoms with Crippen LogP contribution in [0.5, 0.6) is 0 Å². The summed E-state index contributed by atoms with van der Waals surface area (Å²) in [4.78, 5) is 7.19. The molecule has 0 bridgehead atoms. The van der Waals surface area contributed by atoms with E-state index in [-0.39, 0.29) is 17.8 Å². The molecule has 9 heteroatoms. The van der Waals surface area contributed by atoms with Crippen molar-refractivity contribution in [3.8, 4) is 0 Å². The third kappa shape index (κ3) is 3.87. The van der Waals surface area contributed by atoms with Gasteiger partial charge in [-0.15, -0.1) is 0 Å². The Morgan fingerprint density at radius 2 is 1.95 bits per heavy atom. The summed E-state index contributed by atoms with van der Waals surface area (Å²) in [7, 11) is 0. The molecular formula is C10H14F3N5S. The van der Waals surface area contributed by atoms with Crippen molar-refractivity contribution in [2.45, 2.75) is 25.1 Å². The van der Waals surface area contributed by atoms with E-state index < -0.39 is 11.9 Å². The van der Waals surface area contributed by atoms with E-state index in [1.54, 1.807) is 0 Å². The summed E-state index contributed by atoms with van der Waals surface area (Å²) in [6.45, 7) is 0. The van der Waals surface area contributed by atoms with Crippen LogP contribution >= 0.6 is 11.8 Å². The van der Waals surface area contributed by atoms with Gasteiger partial charge in [0, 0.05) is 12.1 Å². The van der Waals surface area contributed by atoms with Crippen LogP contribution in [0.3, 0.4) is 0 Å². The number of nitrogen functional groups attached to an aromatic ring is 1. The van der Waals surface area contributed by atoms with Crippen molar-refractivity contribution in [2.24, 2.45) is 5.84 Å². The second-order valence-electron chi connectivity index (χ2n) is 4.14. The zero-order chi connectivity index (χ0) is 13.9. The molecule has 2 rings (SSSR count). The molecule has 19 heavy (non-hydrogen) atoms. The lowest BCUT2D eigenvalue weighted by Gasteiger charge is -2.23. The minimum Gasteiger partial charge on any atom is -0.367 e. The molecule has 1 aromatic heterocycles. The van der Waals surface area contributed by atoms with E-state index >= 15 is 0 Å². The Morgan fingerprint density at radius 1 is 1.26 bits per heavy atom. The van der Waals surface area contributed by atoms with Gasteiger partial charge < -0.3 is 5.32 Å². The molecular weight excluding hydrogens is 279 g/mol. The largest absolute Gasteiger partial charge is 0.433 e. The highest BCUT2D eigenvalue weighted by molar-refractivity contribution is 7.99. The zero-order valence-electron chi connectivity index (χ0n) is 10.00. The first kappa shape index (κ1) is 14.2. The number of hydrogen-bond donors (Lipinski definition) is 3. The lowest BCUT2D eigenvalue weighted by Crippen LogP contribution is -2.26. The van der Waals surface area contributed by atoms with Crippen LogP contribution in [0.15, 0.2) is 6.07 Å². The number of nitrogens with one attached hydrogen (secondary N) is 2. The maximum atomic E-state index is 12.7.